The Morgan fingerprint density at radius 3 is 2.44 bits per heavy atom. The second-order valence-corrected chi connectivity index (χ2v) is 7.21. The van der Waals surface area contributed by atoms with Crippen molar-refractivity contribution in [3.05, 3.63) is 16.1 Å². The fourth-order valence-electron chi connectivity index (χ4n) is 2.70. The van der Waals surface area contributed by atoms with Crippen molar-refractivity contribution in [2.75, 3.05) is 0 Å². The summed E-state index contributed by atoms with van der Waals surface area (Å²) in [7, 11) is 0. The first-order valence-corrected chi connectivity index (χ1v) is 7.47. The molecule has 1 aromatic rings. The molecule has 0 bridgehead atoms. The summed E-state index contributed by atoms with van der Waals surface area (Å²) in [5.74, 6) is 1.59. The van der Waals surface area contributed by atoms with Gasteiger partial charge in [-0.15, -0.1) is 11.3 Å². The van der Waals surface area contributed by atoms with Crippen LogP contribution in [0.25, 0.3) is 0 Å². The van der Waals surface area contributed by atoms with Crippen molar-refractivity contribution in [2.45, 2.75) is 64.2 Å². The molecular weight excluding hydrogens is 214 g/mol. The molecule has 1 nitrogen and oxygen atoms in total. The van der Waals surface area contributed by atoms with Gasteiger partial charge < -0.3 is 0 Å². The summed E-state index contributed by atoms with van der Waals surface area (Å²) < 4.78 is 0. The van der Waals surface area contributed by atoms with Crippen molar-refractivity contribution in [1.29, 1.82) is 0 Å². The van der Waals surface area contributed by atoms with Crippen molar-refractivity contribution in [1.82, 2.24) is 4.98 Å². The lowest BCUT2D eigenvalue weighted by Crippen LogP contribution is -2.20. The van der Waals surface area contributed by atoms with Crippen LogP contribution in [-0.2, 0) is 0 Å². The molecule has 0 aromatic carbocycles. The fraction of sp³-hybridized carbons (Fsp3) is 0.786. The summed E-state index contributed by atoms with van der Waals surface area (Å²) in [5, 5.41) is 3.74. The van der Waals surface area contributed by atoms with E-state index >= 15 is 0 Å². The highest BCUT2D eigenvalue weighted by Crippen LogP contribution is 2.45. The first kappa shape index (κ1) is 10.8. The van der Waals surface area contributed by atoms with Crippen molar-refractivity contribution < 1.29 is 0 Å². The molecule has 1 heterocycles. The van der Waals surface area contributed by atoms with E-state index in [1.807, 2.05) is 11.3 Å². The van der Waals surface area contributed by atoms with E-state index < -0.39 is 0 Å². The summed E-state index contributed by atoms with van der Waals surface area (Å²) in [6.45, 7) is 4.81. The molecule has 0 unspecified atom stereocenters. The topological polar surface area (TPSA) is 12.9 Å². The minimum atomic E-state index is 0.576. The van der Waals surface area contributed by atoms with Gasteiger partial charge in [0.15, 0.2) is 0 Å². The van der Waals surface area contributed by atoms with Crippen LogP contribution < -0.4 is 0 Å². The molecule has 2 heteroatoms. The van der Waals surface area contributed by atoms with Gasteiger partial charge in [-0.3, -0.25) is 0 Å². The molecule has 0 aliphatic heterocycles. The number of thiazole rings is 1. The van der Waals surface area contributed by atoms with Crippen molar-refractivity contribution in [2.24, 2.45) is 5.41 Å². The Hall–Kier alpha value is -0.370. The number of hydrogen-bond acceptors (Lipinski definition) is 2. The number of aromatic nitrogens is 1. The average molecular weight is 235 g/mol. The quantitative estimate of drug-likeness (QED) is 0.723. The highest BCUT2D eigenvalue weighted by molar-refractivity contribution is 7.09. The highest BCUT2D eigenvalue weighted by Gasteiger charge is 2.31. The van der Waals surface area contributed by atoms with Gasteiger partial charge in [0.2, 0.25) is 0 Å². The monoisotopic (exact) mass is 235 g/mol. The molecular formula is C14H21NS. The molecule has 3 rings (SSSR count). The molecule has 2 saturated carbocycles. The Balaban J connectivity index is 1.68. The molecule has 2 fully saturated rings. The van der Waals surface area contributed by atoms with E-state index in [1.165, 1.54) is 49.2 Å². The molecule has 0 amide bonds. The van der Waals surface area contributed by atoms with Crippen LogP contribution in [0.4, 0.5) is 0 Å². The summed E-state index contributed by atoms with van der Waals surface area (Å²) in [5.41, 5.74) is 1.97. The number of rotatable bonds is 2. The smallest absolute Gasteiger partial charge is 0.0959 e. The van der Waals surface area contributed by atoms with E-state index in [9.17, 15) is 0 Å². The zero-order chi connectivity index (χ0) is 11.2. The third-order valence-corrected chi connectivity index (χ3v) is 5.25. The Bertz CT molecular complexity index is 366. The van der Waals surface area contributed by atoms with Crippen molar-refractivity contribution in [3.63, 3.8) is 0 Å². The van der Waals surface area contributed by atoms with Gasteiger partial charge in [0.25, 0.3) is 0 Å². The summed E-state index contributed by atoms with van der Waals surface area (Å²) in [4.78, 5) is 4.86. The van der Waals surface area contributed by atoms with Gasteiger partial charge in [0.1, 0.15) is 0 Å². The van der Waals surface area contributed by atoms with Gasteiger partial charge in [-0.05, 0) is 43.9 Å². The van der Waals surface area contributed by atoms with Crippen LogP contribution in [-0.4, -0.2) is 4.98 Å². The molecule has 2 aliphatic rings. The fourth-order valence-corrected chi connectivity index (χ4v) is 3.77. The van der Waals surface area contributed by atoms with Crippen LogP contribution >= 0.6 is 11.3 Å². The zero-order valence-electron chi connectivity index (χ0n) is 10.3. The maximum atomic E-state index is 4.86. The summed E-state index contributed by atoms with van der Waals surface area (Å²) in [6.07, 6.45) is 8.20. The zero-order valence-corrected chi connectivity index (χ0v) is 11.1. The second kappa shape index (κ2) is 3.83. The van der Waals surface area contributed by atoms with Crippen molar-refractivity contribution in [3.8, 4) is 0 Å². The van der Waals surface area contributed by atoms with E-state index in [0.29, 0.717) is 5.41 Å². The molecule has 0 N–H and O–H groups in total. The Morgan fingerprint density at radius 1 is 1.12 bits per heavy atom. The molecule has 0 spiro atoms. The van der Waals surface area contributed by atoms with Crippen LogP contribution in [0.5, 0.6) is 0 Å². The molecule has 1 aromatic heterocycles. The Labute approximate surface area is 102 Å². The molecule has 0 saturated heterocycles. The van der Waals surface area contributed by atoms with E-state index in [0.717, 1.165) is 11.8 Å². The van der Waals surface area contributed by atoms with Crippen LogP contribution in [0.3, 0.4) is 0 Å². The lowest BCUT2D eigenvalue weighted by Gasteiger charge is -2.33. The largest absolute Gasteiger partial charge is 0.246 e. The standard InChI is InChI=1S/C14H21NS/c1-14(2)7-5-11(6-8-14)13-15-12(9-16-13)10-3-4-10/h9-11H,3-8H2,1-2H3. The maximum absolute atomic E-state index is 4.86. The highest BCUT2D eigenvalue weighted by atomic mass is 32.1. The normalized spacial score (nSPS) is 25.9. The number of nitrogens with zero attached hydrogens (tertiary/aromatic N) is 1. The van der Waals surface area contributed by atoms with Crippen molar-refractivity contribution >= 4 is 11.3 Å². The van der Waals surface area contributed by atoms with Crippen LogP contribution in [0, 0.1) is 5.41 Å². The van der Waals surface area contributed by atoms with E-state index in [1.54, 1.807) is 0 Å². The molecule has 16 heavy (non-hydrogen) atoms. The first-order chi connectivity index (χ1) is 7.64. The SMILES string of the molecule is CC1(C)CCC(c2nc(C3CC3)cs2)CC1. The molecule has 0 atom stereocenters. The first-order valence-electron chi connectivity index (χ1n) is 6.59. The average Bonchev–Trinajstić information content (AvgIpc) is 2.98. The van der Waals surface area contributed by atoms with Gasteiger partial charge in [0.05, 0.1) is 10.7 Å². The summed E-state index contributed by atoms with van der Waals surface area (Å²) in [6, 6.07) is 0. The third-order valence-electron chi connectivity index (χ3n) is 4.22. The Morgan fingerprint density at radius 2 is 1.81 bits per heavy atom. The minimum absolute atomic E-state index is 0.576. The van der Waals surface area contributed by atoms with Gasteiger partial charge in [-0.2, -0.15) is 0 Å². The number of hydrogen-bond donors (Lipinski definition) is 0. The van der Waals surface area contributed by atoms with E-state index in [-0.39, 0.29) is 0 Å². The molecule has 88 valence electrons. The lowest BCUT2D eigenvalue weighted by molar-refractivity contribution is 0.224. The predicted molar refractivity (Wildman–Crippen MR) is 69.1 cm³/mol. The predicted octanol–water partition coefficient (Wildman–Crippen LogP) is 4.70. The van der Waals surface area contributed by atoms with Crippen LogP contribution in [0.2, 0.25) is 0 Å². The molecule has 2 aliphatic carbocycles. The van der Waals surface area contributed by atoms with Crippen LogP contribution in [0.1, 0.15) is 74.9 Å². The lowest BCUT2D eigenvalue weighted by atomic mass is 9.73. The Kier molecular flexibility index (Phi) is 2.58. The van der Waals surface area contributed by atoms with Gasteiger partial charge in [-0.25, -0.2) is 4.98 Å². The van der Waals surface area contributed by atoms with Gasteiger partial charge in [-0.1, -0.05) is 13.8 Å². The van der Waals surface area contributed by atoms with Gasteiger partial charge in [0, 0.05) is 17.2 Å². The third kappa shape index (κ3) is 2.17. The minimum Gasteiger partial charge on any atom is -0.246 e. The molecule has 0 radical (unpaired) electrons. The summed E-state index contributed by atoms with van der Waals surface area (Å²) >= 11 is 1.91. The van der Waals surface area contributed by atoms with E-state index in [2.05, 4.69) is 19.2 Å². The van der Waals surface area contributed by atoms with Crippen LogP contribution in [0.15, 0.2) is 5.38 Å². The van der Waals surface area contributed by atoms with Gasteiger partial charge >= 0.3 is 0 Å². The van der Waals surface area contributed by atoms with E-state index in [4.69, 9.17) is 4.98 Å². The maximum Gasteiger partial charge on any atom is 0.0959 e. The second-order valence-electron chi connectivity index (χ2n) is 6.32.